The van der Waals surface area contributed by atoms with Gasteiger partial charge in [0.2, 0.25) is 5.82 Å². The number of hydrogen-bond acceptors (Lipinski definition) is 5. The van der Waals surface area contributed by atoms with E-state index < -0.39 is 12.0 Å². The van der Waals surface area contributed by atoms with Gasteiger partial charge in [0.05, 0.1) is 6.26 Å². The fourth-order valence-electron chi connectivity index (χ4n) is 0.992. The van der Waals surface area contributed by atoms with Gasteiger partial charge in [-0.15, -0.1) is 15.0 Å². The largest absolute Gasteiger partial charge is 0.480 e. The normalized spacial score (nSPS) is 12.6. The Morgan fingerprint density at radius 2 is 2.47 bits per heavy atom. The Bertz CT molecular complexity index is 462. The van der Waals surface area contributed by atoms with E-state index in [2.05, 4.69) is 15.4 Å². The third-order valence-corrected chi connectivity index (χ3v) is 1.87. The molecule has 0 aliphatic heterocycles. The molecule has 2 aromatic rings. The molecule has 1 unspecified atom stereocenters. The van der Waals surface area contributed by atoms with Crippen LogP contribution in [0.15, 0.2) is 22.8 Å². The van der Waals surface area contributed by atoms with Gasteiger partial charge in [-0.25, -0.2) is 4.79 Å². The number of carboxylic acids is 1. The van der Waals surface area contributed by atoms with Gasteiger partial charge in [0.1, 0.15) is 0 Å². The van der Waals surface area contributed by atoms with Crippen molar-refractivity contribution in [2.75, 3.05) is 0 Å². The lowest BCUT2D eigenvalue weighted by Gasteiger charge is -2.01. The monoisotopic (exact) mass is 208 g/mol. The molecule has 0 amide bonds. The van der Waals surface area contributed by atoms with Crippen LogP contribution in [0.2, 0.25) is 0 Å². The topological polar surface area (TPSA) is 94.0 Å². The molecule has 1 N–H and O–H groups in total. The lowest BCUT2D eigenvalue weighted by atomic mass is 10.4. The zero-order valence-electron chi connectivity index (χ0n) is 7.86. The smallest absolute Gasteiger partial charge is 0.330 e. The molecule has 0 bridgehead atoms. The SMILES string of the molecule is CC(C(=O)O)n1nnc(-c2ccco2)n1. The second-order valence-electron chi connectivity index (χ2n) is 2.92. The van der Waals surface area contributed by atoms with Crippen molar-refractivity contribution in [2.24, 2.45) is 0 Å². The Kier molecular flexibility index (Phi) is 2.20. The van der Waals surface area contributed by atoms with E-state index in [0.717, 1.165) is 4.80 Å². The predicted octanol–water partition coefficient (Wildman–Crippen LogP) is 0.579. The minimum atomic E-state index is -1.02. The molecule has 15 heavy (non-hydrogen) atoms. The fourth-order valence-corrected chi connectivity index (χ4v) is 0.992. The number of rotatable bonds is 3. The van der Waals surface area contributed by atoms with E-state index in [1.54, 1.807) is 12.1 Å². The molecule has 7 heteroatoms. The molecule has 0 fully saturated rings. The zero-order chi connectivity index (χ0) is 10.8. The second kappa shape index (κ2) is 3.52. The molecule has 0 aromatic carbocycles. The van der Waals surface area contributed by atoms with Gasteiger partial charge >= 0.3 is 5.97 Å². The van der Waals surface area contributed by atoms with Gasteiger partial charge in [-0.2, -0.15) is 0 Å². The number of aromatic nitrogens is 4. The van der Waals surface area contributed by atoms with Crippen LogP contribution in [-0.4, -0.2) is 31.3 Å². The molecule has 2 heterocycles. The summed E-state index contributed by atoms with van der Waals surface area (Å²) < 4.78 is 5.05. The van der Waals surface area contributed by atoms with Gasteiger partial charge in [-0.1, -0.05) is 0 Å². The molecule has 0 aliphatic rings. The first-order valence-electron chi connectivity index (χ1n) is 4.24. The first kappa shape index (κ1) is 9.38. The summed E-state index contributed by atoms with van der Waals surface area (Å²) in [7, 11) is 0. The second-order valence-corrected chi connectivity index (χ2v) is 2.92. The number of carbonyl (C=O) groups is 1. The van der Waals surface area contributed by atoms with Crippen molar-refractivity contribution < 1.29 is 14.3 Å². The molecule has 0 radical (unpaired) electrons. The fraction of sp³-hybridized carbons (Fsp3) is 0.250. The summed E-state index contributed by atoms with van der Waals surface area (Å²) in [5.41, 5.74) is 0. The van der Waals surface area contributed by atoms with Gasteiger partial charge in [-0.3, -0.25) is 0 Å². The minimum absolute atomic E-state index is 0.271. The summed E-state index contributed by atoms with van der Waals surface area (Å²) in [5.74, 6) is -0.287. The number of tetrazole rings is 1. The van der Waals surface area contributed by atoms with Crippen molar-refractivity contribution in [3.05, 3.63) is 18.4 Å². The lowest BCUT2D eigenvalue weighted by molar-refractivity contribution is -0.141. The van der Waals surface area contributed by atoms with Crippen LogP contribution in [-0.2, 0) is 4.79 Å². The Hall–Kier alpha value is -2.18. The molecule has 0 saturated heterocycles. The van der Waals surface area contributed by atoms with Crippen LogP contribution in [0, 0.1) is 0 Å². The highest BCUT2D eigenvalue weighted by Gasteiger charge is 2.17. The van der Waals surface area contributed by atoms with Crippen LogP contribution in [0.25, 0.3) is 11.6 Å². The zero-order valence-corrected chi connectivity index (χ0v) is 7.86. The van der Waals surface area contributed by atoms with E-state index in [0.29, 0.717) is 5.76 Å². The highest BCUT2D eigenvalue weighted by atomic mass is 16.4. The van der Waals surface area contributed by atoms with Gasteiger partial charge in [-0.05, 0) is 24.3 Å². The first-order valence-corrected chi connectivity index (χ1v) is 4.24. The van der Waals surface area contributed by atoms with Crippen molar-refractivity contribution in [1.82, 2.24) is 20.2 Å². The molecule has 1 atom stereocenters. The van der Waals surface area contributed by atoms with Crippen LogP contribution in [0.5, 0.6) is 0 Å². The Labute approximate surface area is 84.3 Å². The predicted molar refractivity (Wildman–Crippen MR) is 47.9 cm³/mol. The van der Waals surface area contributed by atoms with E-state index in [1.165, 1.54) is 13.2 Å². The maximum Gasteiger partial charge on any atom is 0.330 e. The number of hydrogen-bond donors (Lipinski definition) is 1. The van der Waals surface area contributed by atoms with E-state index in [-0.39, 0.29) is 5.82 Å². The molecule has 0 saturated carbocycles. The third-order valence-electron chi connectivity index (χ3n) is 1.87. The summed E-state index contributed by atoms with van der Waals surface area (Å²) in [5, 5.41) is 19.9. The van der Waals surface area contributed by atoms with Crippen molar-refractivity contribution >= 4 is 5.97 Å². The van der Waals surface area contributed by atoms with Gasteiger partial charge in [0.25, 0.3) is 0 Å². The molecule has 2 rings (SSSR count). The molecule has 7 nitrogen and oxygen atoms in total. The van der Waals surface area contributed by atoms with E-state index in [1.807, 2.05) is 0 Å². The summed E-state index contributed by atoms with van der Waals surface area (Å²) in [6.07, 6.45) is 1.48. The van der Waals surface area contributed by atoms with Gasteiger partial charge in [0.15, 0.2) is 11.8 Å². The highest BCUT2D eigenvalue weighted by Crippen LogP contribution is 2.14. The summed E-state index contributed by atoms with van der Waals surface area (Å²) in [6, 6.07) is 2.52. The van der Waals surface area contributed by atoms with Crippen LogP contribution in [0.1, 0.15) is 13.0 Å². The summed E-state index contributed by atoms with van der Waals surface area (Å²) in [4.78, 5) is 11.7. The van der Waals surface area contributed by atoms with E-state index in [9.17, 15) is 4.79 Å². The van der Waals surface area contributed by atoms with Crippen molar-refractivity contribution in [2.45, 2.75) is 13.0 Å². The number of aliphatic carboxylic acids is 1. The first-order chi connectivity index (χ1) is 7.18. The van der Waals surface area contributed by atoms with Crippen LogP contribution < -0.4 is 0 Å². The van der Waals surface area contributed by atoms with Crippen molar-refractivity contribution in [1.29, 1.82) is 0 Å². The average Bonchev–Trinajstić information content (AvgIpc) is 2.86. The minimum Gasteiger partial charge on any atom is -0.480 e. The summed E-state index contributed by atoms with van der Waals surface area (Å²) >= 11 is 0. The Morgan fingerprint density at radius 1 is 1.67 bits per heavy atom. The highest BCUT2D eigenvalue weighted by molar-refractivity contribution is 5.70. The number of furan rings is 1. The Balaban J connectivity index is 2.28. The number of carboxylic acid groups (broad SMARTS) is 1. The quantitative estimate of drug-likeness (QED) is 0.792. The molecule has 2 aromatic heterocycles. The number of nitrogens with zero attached hydrogens (tertiary/aromatic N) is 4. The molecular formula is C8H8N4O3. The van der Waals surface area contributed by atoms with Gasteiger partial charge < -0.3 is 9.52 Å². The van der Waals surface area contributed by atoms with Crippen LogP contribution in [0.3, 0.4) is 0 Å². The molecule has 0 aliphatic carbocycles. The van der Waals surface area contributed by atoms with E-state index in [4.69, 9.17) is 9.52 Å². The lowest BCUT2D eigenvalue weighted by Crippen LogP contribution is -2.18. The maximum atomic E-state index is 10.6. The van der Waals surface area contributed by atoms with Gasteiger partial charge in [0, 0.05) is 0 Å². The third kappa shape index (κ3) is 1.71. The average molecular weight is 208 g/mol. The van der Waals surface area contributed by atoms with Crippen LogP contribution in [0.4, 0.5) is 0 Å². The standard InChI is InChI=1S/C8H8N4O3/c1-5(8(13)14)12-10-7(9-11-12)6-3-2-4-15-6/h2-5H,1H3,(H,13,14). The van der Waals surface area contributed by atoms with Crippen molar-refractivity contribution in [3.8, 4) is 11.6 Å². The van der Waals surface area contributed by atoms with Crippen molar-refractivity contribution in [3.63, 3.8) is 0 Å². The van der Waals surface area contributed by atoms with Crippen LogP contribution >= 0.6 is 0 Å². The molecule has 78 valence electrons. The Morgan fingerprint density at radius 3 is 3.07 bits per heavy atom. The van der Waals surface area contributed by atoms with E-state index >= 15 is 0 Å². The molecule has 0 spiro atoms. The summed E-state index contributed by atoms with van der Waals surface area (Å²) in [6.45, 7) is 1.47. The maximum absolute atomic E-state index is 10.6. The molecular weight excluding hydrogens is 200 g/mol.